The first kappa shape index (κ1) is 15.9. The standard InChI is InChI=1S/C20H25NO3/c1-23-19-7-6-15-4-2-3-5-17(15)18(19)11-21-10-16-8-9-24-14-20(16,12-21)13-22/h2-7,16,22H,8-14H2,1H3/t16-,20+/m0/s1. The van der Waals surface area contributed by atoms with E-state index in [0.717, 1.165) is 38.4 Å². The summed E-state index contributed by atoms with van der Waals surface area (Å²) in [6.45, 7) is 4.47. The number of rotatable bonds is 4. The molecule has 0 radical (unpaired) electrons. The summed E-state index contributed by atoms with van der Waals surface area (Å²) in [6, 6.07) is 12.6. The topological polar surface area (TPSA) is 41.9 Å². The van der Waals surface area contributed by atoms with E-state index in [2.05, 4.69) is 41.3 Å². The van der Waals surface area contributed by atoms with Crippen molar-refractivity contribution in [3.8, 4) is 5.75 Å². The summed E-state index contributed by atoms with van der Waals surface area (Å²) in [6.07, 6.45) is 1.05. The molecule has 2 aromatic carbocycles. The van der Waals surface area contributed by atoms with Gasteiger partial charge in [0.25, 0.3) is 0 Å². The molecule has 2 aliphatic heterocycles. The molecule has 0 aliphatic carbocycles. The van der Waals surface area contributed by atoms with Crippen LogP contribution in [0.4, 0.5) is 0 Å². The van der Waals surface area contributed by atoms with Gasteiger partial charge in [-0.25, -0.2) is 0 Å². The van der Waals surface area contributed by atoms with Gasteiger partial charge in [-0.1, -0.05) is 30.3 Å². The van der Waals surface area contributed by atoms with Gasteiger partial charge in [0.05, 0.1) is 20.3 Å². The lowest BCUT2D eigenvalue weighted by molar-refractivity contribution is -0.0561. The van der Waals surface area contributed by atoms with Crippen LogP contribution in [0.3, 0.4) is 0 Å². The first-order chi connectivity index (χ1) is 11.8. The number of ether oxygens (including phenoxy) is 2. The Hall–Kier alpha value is -1.62. The Bertz CT molecular complexity index is 732. The minimum absolute atomic E-state index is 0.0872. The van der Waals surface area contributed by atoms with Gasteiger partial charge in [0.1, 0.15) is 5.75 Å². The highest BCUT2D eigenvalue weighted by Gasteiger charge is 2.48. The summed E-state index contributed by atoms with van der Waals surface area (Å²) in [5.74, 6) is 1.47. The van der Waals surface area contributed by atoms with Gasteiger partial charge >= 0.3 is 0 Å². The molecular formula is C20H25NO3. The second-order valence-electron chi connectivity index (χ2n) is 7.20. The summed E-state index contributed by atoms with van der Waals surface area (Å²) >= 11 is 0. The Morgan fingerprint density at radius 1 is 1.29 bits per heavy atom. The van der Waals surface area contributed by atoms with Crippen molar-refractivity contribution in [1.29, 1.82) is 0 Å². The Balaban J connectivity index is 1.65. The molecule has 1 N–H and O–H groups in total. The van der Waals surface area contributed by atoms with Crippen LogP contribution < -0.4 is 4.74 Å². The molecule has 2 heterocycles. The van der Waals surface area contributed by atoms with Crippen molar-refractivity contribution in [2.45, 2.75) is 13.0 Å². The fourth-order valence-electron chi connectivity index (χ4n) is 4.45. The number of nitrogens with zero attached hydrogens (tertiary/aromatic N) is 1. The van der Waals surface area contributed by atoms with E-state index >= 15 is 0 Å². The van der Waals surface area contributed by atoms with Crippen molar-refractivity contribution in [2.24, 2.45) is 11.3 Å². The largest absolute Gasteiger partial charge is 0.496 e. The average molecular weight is 327 g/mol. The number of aliphatic hydroxyl groups is 1. The minimum Gasteiger partial charge on any atom is -0.496 e. The minimum atomic E-state index is -0.0872. The van der Waals surface area contributed by atoms with Gasteiger partial charge in [0.15, 0.2) is 0 Å². The fraction of sp³-hybridized carbons (Fsp3) is 0.500. The molecular weight excluding hydrogens is 302 g/mol. The van der Waals surface area contributed by atoms with Crippen LogP contribution in [0.15, 0.2) is 36.4 Å². The van der Waals surface area contributed by atoms with Crippen LogP contribution in [0, 0.1) is 11.3 Å². The summed E-state index contributed by atoms with van der Waals surface area (Å²) in [7, 11) is 1.74. The predicted octanol–water partition coefficient (Wildman–Crippen LogP) is 2.68. The van der Waals surface area contributed by atoms with Crippen LogP contribution in [0.5, 0.6) is 5.75 Å². The van der Waals surface area contributed by atoms with E-state index in [1.165, 1.54) is 16.3 Å². The Labute approximate surface area is 143 Å². The maximum absolute atomic E-state index is 9.98. The van der Waals surface area contributed by atoms with E-state index in [-0.39, 0.29) is 12.0 Å². The van der Waals surface area contributed by atoms with Crippen LogP contribution in [-0.4, -0.2) is 50.0 Å². The van der Waals surface area contributed by atoms with E-state index in [1.807, 2.05) is 0 Å². The van der Waals surface area contributed by atoms with Crippen molar-refractivity contribution >= 4 is 10.8 Å². The second kappa shape index (κ2) is 6.36. The number of fused-ring (bicyclic) bond motifs is 2. The van der Waals surface area contributed by atoms with Gasteiger partial charge in [-0.3, -0.25) is 4.90 Å². The third-order valence-corrected chi connectivity index (χ3v) is 5.80. The van der Waals surface area contributed by atoms with Crippen LogP contribution in [0.2, 0.25) is 0 Å². The quantitative estimate of drug-likeness (QED) is 0.937. The van der Waals surface area contributed by atoms with Gasteiger partial charge < -0.3 is 14.6 Å². The first-order valence-electron chi connectivity index (χ1n) is 8.71. The van der Waals surface area contributed by atoms with E-state index < -0.39 is 0 Å². The Morgan fingerprint density at radius 3 is 2.96 bits per heavy atom. The lowest BCUT2D eigenvalue weighted by atomic mass is 9.76. The van der Waals surface area contributed by atoms with E-state index in [1.54, 1.807) is 7.11 Å². The number of hydrogen-bond acceptors (Lipinski definition) is 4. The van der Waals surface area contributed by atoms with Crippen molar-refractivity contribution in [3.05, 3.63) is 42.0 Å². The maximum Gasteiger partial charge on any atom is 0.123 e. The lowest BCUT2D eigenvalue weighted by Crippen LogP contribution is -2.42. The lowest BCUT2D eigenvalue weighted by Gasteiger charge is -2.36. The molecule has 24 heavy (non-hydrogen) atoms. The van der Waals surface area contributed by atoms with Gasteiger partial charge in [-0.15, -0.1) is 0 Å². The van der Waals surface area contributed by atoms with Crippen LogP contribution in [-0.2, 0) is 11.3 Å². The Kier molecular flexibility index (Phi) is 4.21. The number of benzene rings is 2. The zero-order valence-corrected chi connectivity index (χ0v) is 14.2. The molecule has 2 saturated heterocycles. The van der Waals surface area contributed by atoms with Gasteiger partial charge in [0.2, 0.25) is 0 Å². The number of hydrogen-bond donors (Lipinski definition) is 1. The molecule has 0 aromatic heterocycles. The molecule has 0 saturated carbocycles. The number of methoxy groups -OCH3 is 1. The van der Waals surface area contributed by atoms with E-state index in [4.69, 9.17) is 9.47 Å². The predicted molar refractivity (Wildman–Crippen MR) is 94.2 cm³/mol. The van der Waals surface area contributed by atoms with Crippen molar-refractivity contribution in [3.63, 3.8) is 0 Å². The molecule has 2 atom stereocenters. The first-order valence-corrected chi connectivity index (χ1v) is 8.71. The molecule has 0 unspecified atom stereocenters. The second-order valence-corrected chi connectivity index (χ2v) is 7.20. The highest BCUT2D eigenvalue weighted by molar-refractivity contribution is 5.87. The molecule has 4 nitrogen and oxygen atoms in total. The van der Waals surface area contributed by atoms with Crippen molar-refractivity contribution < 1.29 is 14.6 Å². The highest BCUT2D eigenvalue weighted by atomic mass is 16.5. The fourth-order valence-corrected chi connectivity index (χ4v) is 4.45. The molecule has 0 amide bonds. The van der Waals surface area contributed by atoms with Gasteiger partial charge in [-0.2, -0.15) is 0 Å². The van der Waals surface area contributed by atoms with Crippen molar-refractivity contribution in [2.75, 3.05) is 40.0 Å². The molecule has 2 fully saturated rings. The molecule has 2 aliphatic rings. The summed E-state index contributed by atoms with van der Waals surface area (Å²) < 4.78 is 11.3. The van der Waals surface area contributed by atoms with Crippen LogP contribution in [0.1, 0.15) is 12.0 Å². The number of aliphatic hydroxyl groups excluding tert-OH is 1. The molecule has 0 bridgehead atoms. The van der Waals surface area contributed by atoms with Gasteiger partial charge in [0, 0.05) is 37.2 Å². The van der Waals surface area contributed by atoms with E-state index in [0.29, 0.717) is 12.5 Å². The molecule has 0 spiro atoms. The third-order valence-electron chi connectivity index (χ3n) is 5.80. The maximum atomic E-state index is 9.98. The SMILES string of the molecule is COc1ccc2ccccc2c1CN1C[C@@H]2CCOC[C@]2(CO)C1. The summed E-state index contributed by atoms with van der Waals surface area (Å²) in [5, 5.41) is 12.5. The zero-order valence-electron chi connectivity index (χ0n) is 14.2. The van der Waals surface area contributed by atoms with Crippen LogP contribution >= 0.6 is 0 Å². The third kappa shape index (κ3) is 2.59. The monoisotopic (exact) mass is 327 g/mol. The smallest absolute Gasteiger partial charge is 0.123 e. The van der Waals surface area contributed by atoms with Crippen molar-refractivity contribution in [1.82, 2.24) is 4.90 Å². The van der Waals surface area contributed by atoms with Gasteiger partial charge in [-0.05, 0) is 29.2 Å². The molecule has 128 valence electrons. The van der Waals surface area contributed by atoms with E-state index in [9.17, 15) is 5.11 Å². The normalized spacial score (nSPS) is 27.3. The van der Waals surface area contributed by atoms with Crippen LogP contribution in [0.25, 0.3) is 10.8 Å². The summed E-state index contributed by atoms with van der Waals surface area (Å²) in [4.78, 5) is 2.46. The Morgan fingerprint density at radius 2 is 2.17 bits per heavy atom. The molecule has 4 rings (SSSR count). The zero-order chi connectivity index (χ0) is 16.6. The average Bonchev–Trinajstić information content (AvgIpc) is 3.00. The number of likely N-dealkylation sites (tertiary alicyclic amines) is 1. The molecule has 4 heteroatoms. The molecule has 2 aromatic rings. The highest BCUT2D eigenvalue weighted by Crippen LogP contribution is 2.42. The summed E-state index contributed by atoms with van der Waals surface area (Å²) in [5.41, 5.74) is 1.15.